The standard InChI is InChI=1S/C20H14N2O2/c23-18-13-7-5-11-16(18)19-21-17-12-6-4-10-15(17)20(22-19)24-14-8-2-1-3-9-14/h1-13,23H. The van der Waals surface area contributed by atoms with Crippen molar-refractivity contribution in [1.82, 2.24) is 9.97 Å². The summed E-state index contributed by atoms with van der Waals surface area (Å²) in [5.74, 6) is 1.73. The van der Waals surface area contributed by atoms with E-state index in [2.05, 4.69) is 9.97 Å². The van der Waals surface area contributed by atoms with E-state index in [0.717, 1.165) is 10.9 Å². The number of para-hydroxylation sites is 3. The third kappa shape index (κ3) is 2.65. The minimum Gasteiger partial charge on any atom is -0.507 e. The summed E-state index contributed by atoms with van der Waals surface area (Å²) in [6, 6.07) is 24.1. The summed E-state index contributed by atoms with van der Waals surface area (Å²) in [6.45, 7) is 0. The van der Waals surface area contributed by atoms with Gasteiger partial charge >= 0.3 is 0 Å². The van der Waals surface area contributed by atoms with E-state index >= 15 is 0 Å². The minimum atomic E-state index is 0.137. The van der Waals surface area contributed by atoms with Gasteiger partial charge in [0, 0.05) is 0 Å². The van der Waals surface area contributed by atoms with Crippen LogP contribution < -0.4 is 4.74 Å². The summed E-state index contributed by atoms with van der Waals surface area (Å²) in [4.78, 5) is 9.09. The van der Waals surface area contributed by atoms with Gasteiger partial charge in [0.05, 0.1) is 16.5 Å². The molecule has 0 bridgehead atoms. The first-order valence-corrected chi connectivity index (χ1v) is 7.59. The van der Waals surface area contributed by atoms with E-state index in [-0.39, 0.29) is 5.75 Å². The Labute approximate surface area is 139 Å². The molecule has 0 aliphatic carbocycles. The van der Waals surface area contributed by atoms with E-state index in [0.29, 0.717) is 23.0 Å². The molecule has 0 saturated heterocycles. The molecule has 0 radical (unpaired) electrons. The van der Waals surface area contributed by atoms with Crippen LogP contribution in [0.4, 0.5) is 0 Å². The van der Waals surface area contributed by atoms with Crippen LogP contribution in [-0.2, 0) is 0 Å². The fraction of sp³-hybridized carbons (Fsp3) is 0. The molecule has 4 heteroatoms. The number of nitrogens with zero attached hydrogens (tertiary/aromatic N) is 2. The maximum Gasteiger partial charge on any atom is 0.230 e. The number of phenols is 1. The molecule has 0 amide bonds. The van der Waals surface area contributed by atoms with E-state index in [9.17, 15) is 5.11 Å². The van der Waals surface area contributed by atoms with Gasteiger partial charge < -0.3 is 9.84 Å². The number of aromatic hydroxyl groups is 1. The average molecular weight is 314 g/mol. The molecule has 0 aliphatic rings. The van der Waals surface area contributed by atoms with Gasteiger partial charge in [0.2, 0.25) is 5.88 Å². The smallest absolute Gasteiger partial charge is 0.230 e. The Morgan fingerprint density at radius 2 is 1.42 bits per heavy atom. The Morgan fingerprint density at radius 3 is 2.25 bits per heavy atom. The summed E-state index contributed by atoms with van der Waals surface area (Å²) in [5.41, 5.74) is 1.33. The fourth-order valence-corrected chi connectivity index (χ4v) is 2.51. The number of rotatable bonds is 3. The molecule has 0 fully saturated rings. The predicted molar refractivity (Wildman–Crippen MR) is 93.2 cm³/mol. The lowest BCUT2D eigenvalue weighted by Gasteiger charge is -2.10. The number of hydrogen-bond donors (Lipinski definition) is 1. The summed E-state index contributed by atoms with van der Waals surface area (Å²) >= 11 is 0. The molecule has 1 aromatic heterocycles. The van der Waals surface area contributed by atoms with E-state index in [4.69, 9.17) is 4.74 Å². The number of fused-ring (bicyclic) bond motifs is 1. The van der Waals surface area contributed by atoms with Crippen LogP contribution in [-0.4, -0.2) is 15.1 Å². The van der Waals surface area contributed by atoms with Crippen LogP contribution in [0.3, 0.4) is 0 Å². The van der Waals surface area contributed by atoms with Crippen LogP contribution >= 0.6 is 0 Å². The summed E-state index contributed by atoms with van der Waals surface area (Å²) < 4.78 is 5.96. The van der Waals surface area contributed by atoms with Crippen LogP contribution in [0, 0.1) is 0 Å². The highest BCUT2D eigenvalue weighted by molar-refractivity contribution is 5.85. The molecule has 1 N–H and O–H groups in total. The Morgan fingerprint density at radius 1 is 0.708 bits per heavy atom. The zero-order valence-electron chi connectivity index (χ0n) is 12.8. The molecule has 0 atom stereocenters. The Kier molecular flexibility index (Phi) is 3.56. The molecule has 4 nitrogen and oxygen atoms in total. The maximum atomic E-state index is 10.1. The molecular formula is C20H14N2O2. The van der Waals surface area contributed by atoms with E-state index in [1.807, 2.05) is 60.7 Å². The van der Waals surface area contributed by atoms with Crippen molar-refractivity contribution in [3.8, 4) is 28.8 Å². The zero-order valence-corrected chi connectivity index (χ0v) is 12.8. The summed E-state index contributed by atoms with van der Waals surface area (Å²) in [6.07, 6.45) is 0. The molecule has 24 heavy (non-hydrogen) atoms. The number of hydrogen-bond acceptors (Lipinski definition) is 4. The third-order valence-electron chi connectivity index (χ3n) is 3.67. The molecule has 1 heterocycles. The SMILES string of the molecule is Oc1ccccc1-c1nc(Oc2ccccc2)c2ccccc2n1. The van der Waals surface area contributed by atoms with Crippen LogP contribution in [0.1, 0.15) is 0 Å². The normalized spacial score (nSPS) is 10.7. The van der Waals surface area contributed by atoms with Gasteiger partial charge in [-0.15, -0.1) is 0 Å². The Hall–Kier alpha value is -3.40. The topological polar surface area (TPSA) is 55.2 Å². The van der Waals surface area contributed by atoms with Gasteiger partial charge in [0.15, 0.2) is 5.82 Å². The second kappa shape index (κ2) is 6.01. The fourth-order valence-electron chi connectivity index (χ4n) is 2.51. The maximum absolute atomic E-state index is 10.1. The molecule has 0 spiro atoms. The monoisotopic (exact) mass is 314 g/mol. The molecule has 0 unspecified atom stereocenters. The third-order valence-corrected chi connectivity index (χ3v) is 3.67. The van der Waals surface area contributed by atoms with Gasteiger partial charge in [-0.2, -0.15) is 4.98 Å². The highest BCUT2D eigenvalue weighted by Gasteiger charge is 2.13. The van der Waals surface area contributed by atoms with Gasteiger partial charge in [0.1, 0.15) is 11.5 Å². The lowest BCUT2D eigenvalue weighted by molar-refractivity contribution is 0.467. The summed E-state index contributed by atoms with van der Waals surface area (Å²) in [7, 11) is 0. The van der Waals surface area contributed by atoms with Crippen molar-refractivity contribution in [3.05, 3.63) is 78.9 Å². The van der Waals surface area contributed by atoms with Crippen molar-refractivity contribution in [2.75, 3.05) is 0 Å². The van der Waals surface area contributed by atoms with E-state index in [1.54, 1.807) is 18.2 Å². The number of benzene rings is 3. The van der Waals surface area contributed by atoms with Crippen molar-refractivity contribution >= 4 is 10.9 Å². The van der Waals surface area contributed by atoms with Crippen LogP contribution in [0.25, 0.3) is 22.3 Å². The first-order valence-electron chi connectivity index (χ1n) is 7.59. The molecular weight excluding hydrogens is 300 g/mol. The van der Waals surface area contributed by atoms with Crippen molar-refractivity contribution in [3.63, 3.8) is 0 Å². The van der Waals surface area contributed by atoms with Crippen molar-refractivity contribution in [1.29, 1.82) is 0 Å². The van der Waals surface area contributed by atoms with E-state index < -0.39 is 0 Å². The first-order chi connectivity index (χ1) is 11.8. The van der Waals surface area contributed by atoms with Crippen molar-refractivity contribution in [2.24, 2.45) is 0 Å². The van der Waals surface area contributed by atoms with Gasteiger partial charge in [-0.3, -0.25) is 0 Å². The summed E-state index contributed by atoms with van der Waals surface area (Å²) in [5, 5.41) is 10.9. The van der Waals surface area contributed by atoms with Crippen molar-refractivity contribution < 1.29 is 9.84 Å². The Bertz CT molecular complexity index is 1000. The van der Waals surface area contributed by atoms with Gasteiger partial charge in [-0.25, -0.2) is 4.98 Å². The number of aromatic nitrogens is 2. The second-order valence-electron chi connectivity index (χ2n) is 5.30. The zero-order chi connectivity index (χ0) is 16.4. The Balaban J connectivity index is 1.90. The minimum absolute atomic E-state index is 0.137. The molecule has 4 aromatic rings. The average Bonchev–Trinajstić information content (AvgIpc) is 2.63. The van der Waals surface area contributed by atoms with Crippen molar-refractivity contribution in [2.45, 2.75) is 0 Å². The first kappa shape index (κ1) is 14.2. The second-order valence-corrected chi connectivity index (χ2v) is 5.30. The lowest BCUT2D eigenvalue weighted by atomic mass is 10.1. The quantitative estimate of drug-likeness (QED) is 0.590. The van der Waals surface area contributed by atoms with Gasteiger partial charge in [-0.1, -0.05) is 42.5 Å². The van der Waals surface area contributed by atoms with Crippen LogP contribution in [0.15, 0.2) is 78.9 Å². The number of ether oxygens (including phenoxy) is 1. The molecule has 0 saturated carbocycles. The van der Waals surface area contributed by atoms with Crippen LogP contribution in [0.5, 0.6) is 17.4 Å². The lowest BCUT2D eigenvalue weighted by Crippen LogP contribution is -1.96. The number of phenolic OH excluding ortho intramolecular Hbond substituents is 1. The highest BCUT2D eigenvalue weighted by Crippen LogP contribution is 2.32. The highest BCUT2D eigenvalue weighted by atomic mass is 16.5. The molecule has 3 aromatic carbocycles. The van der Waals surface area contributed by atoms with Gasteiger partial charge in [-0.05, 0) is 36.4 Å². The molecule has 0 aliphatic heterocycles. The predicted octanol–water partition coefficient (Wildman–Crippen LogP) is 4.79. The molecule has 116 valence electrons. The molecule has 4 rings (SSSR count). The van der Waals surface area contributed by atoms with Crippen LogP contribution in [0.2, 0.25) is 0 Å². The van der Waals surface area contributed by atoms with E-state index in [1.165, 1.54) is 0 Å². The van der Waals surface area contributed by atoms with Gasteiger partial charge in [0.25, 0.3) is 0 Å². The largest absolute Gasteiger partial charge is 0.507 e.